The summed E-state index contributed by atoms with van der Waals surface area (Å²) in [5, 5.41) is 11.5. The Morgan fingerprint density at radius 1 is 0.767 bits per heavy atom. The molecule has 2 aromatic heterocycles. The van der Waals surface area contributed by atoms with Gasteiger partial charge in [0.05, 0.1) is 5.52 Å². The van der Waals surface area contributed by atoms with Crippen molar-refractivity contribution in [3.05, 3.63) is 90.6 Å². The van der Waals surface area contributed by atoms with Crippen LogP contribution < -0.4 is 5.32 Å². The van der Waals surface area contributed by atoms with Crippen molar-refractivity contribution in [2.75, 3.05) is 5.32 Å². The van der Waals surface area contributed by atoms with Gasteiger partial charge >= 0.3 is 0 Å². The summed E-state index contributed by atoms with van der Waals surface area (Å²) in [5.74, 6) is 1.75. The first-order chi connectivity index (χ1) is 14.8. The molecule has 0 aliphatic heterocycles. The molecule has 0 atom stereocenters. The molecule has 5 nitrogen and oxygen atoms in total. The second-order valence-electron chi connectivity index (χ2n) is 6.84. The van der Waals surface area contributed by atoms with Crippen molar-refractivity contribution < 1.29 is 4.39 Å². The highest BCUT2D eigenvalue weighted by Gasteiger charge is 2.15. The summed E-state index contributed by atoms with van der Waals surface area (Å²) in [6.07, 6.45) is 1.85. The maximum absolute atomic E-state index is 13.5. The van der Waals surface area contributed by atoms with Crippen molar-refractivity contribution in [2.24, 2.45) is 0 Å². The van der Waals surface area contributed by atoms with Crippen LogP contribution in [0.25, 0.3) is 33.4 Å². The Morgan fingerprint density at radius 3 is 2.40 bits per heavy atom. The van der Waals surface area contributed by atoms with Gasteiger partial charge in [0, 0.05) is 22.7 Å². The molecule has 3 aromatic carbocycles. The van der Waals surface area contributed by atoms with E-state index in [1.165, 1.54) is 0 Å². The molecule has 0 radical (unpaired) electrons. The van der Waals surface area contributed by atoms with Crippen LogP contribution >= 0.6 is 0 Å². The summed E-state index contributed by atoms with van der Waals surface area (Å²) in [5.41, 5.74) is 3.98. The lowest BCUT2D eigenvalue weighted by Gasteiger charge is -2.12. The van der Waals surface area contributed by atoms with Crippen LogP contribution in [0.15, 0.2) is 85.1 Å². The second-order valence-corrected chi connectivity index (χ2v) is 6.84. The molecule has 0 bridgehead atoms. The van der Waals surface area contributed by atoms with Gasteiger partial charge < -0.3 is 5.32 Å². The summed E-state index contributed by atoms with van der Waals surface area (Å²) in [4.78, 5) is 9.43. The monoisotopic (exact) mass is 395 g/mol. The first kappa shape index (κ1) is 18.0. The van der Waals surface area contributed by atoms with Crippen LogP contribution in [-0.2, 0) is 6.67 Å². The molecule has 146 valence electrons. The molecule has 0 aliphatic rings. The number of rotatable bonds is 5. The maximum atomic E-state index is 13.5. The first-order valence-electron chi connectivity index (χ1n) is 9.61. The predicted octanol–water partition coefficient (Wildman–Crippen LogP) is 5.90. The number of benzene rings is 3. The van der Waals surface area contributed by atoms with Crippen LogP contribution in [0.3, 0.4) is 0 Å². The third-order valence-electron chi connectivity index (χ3n) is 4.97. The summed E-state index contributed by atoms with van der Waals surface area (Å²) in [7, 11) is 0. The van der Waals surface area contributed by atoms with Gasteiger partial charge in [0.25, 0.3) is 0 Å². The van der Waals surface area contributed by atoms with Gasteiger partial charge in [0.2, 0.25) is 0 Å². The summed E-state index contributed by atoms with van der Waals surface area (Å²) < 4.78 is 13.5. The highest BCUT2D eigenvalue weighted by atomic mass is 19.1. The molecule has 0 spiro atoms. The van der Waals surface area contributed by atoms with E-state index in [-0.39, 0.29) is 0 Å². The lowest BCUT2D eigenvalue weighted by Crippen LogP contribution is -2.01. The fourth-order valence-corrected chi connectivity index (χ4v) is 3.48. The average molecular weight is 395 g/mol. The number of hydrogen-bond acceptors (Lipinski definition) is 4. The van der Waals surface area contributed by atoms with Gasteiger partial charge in [-0.2, -0.15) is 5.10 Å². The Labute approximate surface area is 172 Å². The number of alkyl halides is 1. The van der Waals surface area contributed by atoms with Crippen molar-refractivity contribution in [1.29, 1.82) is 0 Å². The fraction of sp³-hybridized carbons (Fsp3) is 0.0417. The Morgan fingerprint density at radius 2 is 1.53 bits per heavy atom. The number of halogens is 1. The first-order valence-corrected chi connectivity index (χ1v) is 9.61. The quantitative estimate of drug-likeness (QED) is 0.389. The van der Waals surface area contributed by atoms with E-state index in [9.17, 15) is 4.39 Å². The van der Waals surface area contributed by atoms with Gasteiger partial charge in [0.15, 0.2) is 11.6 Å². The second kappa shape index (κ2) is 7.75. The summed E-state index contributed by atoms with van der Waals surface area (Å²) >= 11 is 0. The zero-order valence-electron chi connectivity index (χ0n) is 16.0. The van der Waals surface area contributed by atoms with E-state index >= 15 is 0 Å². The largest absolute Gasteiger partial charge is 0.322 e. The molecular weight excluding hydrogens is 377 g/mol. The Bertz CT molecular complexity index is 1310. The molecule has 2 N–H and O–H groups in total. The standard InChI is InChI=1S/C24H18FN5/c25-14-17-10-4-5-11-18(17)22-27-21-13-7-6-12-19(21)23(28-22)29-24-20(15-26-30-24)16-8-2-1-3-9-16/h1-13,15H,14H2,(H2,26,27,28,29,30). The molecule has 0 unspecified atom stereocenters. The van der Waals surface area contributed by atoms with E-state index in [1.807, 2.05) is 79.0 Å². The van der Waals surface area contributed by atoms with Crippen LogP contribution in [0.5, 0.6) is 0 Å². The lowest BCUT2D eigenvalue weighted by molar-refractivity contribution is 0.486. The van der Waals surface area contributed by atoms with Gasteiger partial charge in [-0.25, -0.2) is 14.4 Å². The molecule has 6 heteroatoms. The van der Waals surface area contributed by atoms with Crippen LogP contribution in [0.1, 0.15) is 5.56 Å². The molecule has 30 heavy (non-hydrogen) atoms. The van der Waals surface area contributed by atoms with Crippen molar-refractivity contribution in [1.82, 2.24) is 20.2 Å². The van der Waals surface area contributed by atoms with Crippen molar-refractivity contribution in [2.45, 2.75) is 6.67 Å². The van der Waals surface area contributed by atoms with E-state index in [0.29, 0.717) is 28.6 Å². The van der Waals surface area contributed by atoms with E-state index in [1.54, 1.807) is 6.07 Å². The van der Waals surface area contributed by atoms with E-state index < -0.39 is 6.67 Å². The average Bonchev–Trinajstić information content (AvgIpc) is 3.27. The van der Waals surface area contributed by atoms with Crippen LogP contribution in [0.4, 0.5) is 16.0 Å². The number of anilines is 2. The molecule has 2 heterocycles. The minimum absolute atomic E-state index is 0.473. The third-order valence-corrected chi connectivity index (χ3v) is 4.97. The molecule has 5 rings (SSSR count). The molecule has 0 aliphatic carbocycles. The summed E-state index contributed by atoms with van der Waals surface area (Å²) in [6, 6.07) is 25.0. The minimum Gasteiger partial charge on any atom is -0.322 e. The van der Waals surface area contributed by atoms with E-state index in [2.05, 4.69) is 20.5 Å². The van der Waals surface area contributed by atoms with Crippen molar-refractivity contribution in [3.63, 3.8) is 0 Å². The number of hydrogen-bond donors (Lipinski definition) is 2. The molecule has 0 saturated carbocycles. The smallest absolute Gasteiger partial charge is 0.162 e. The zero-order valence-corrected chi connectivity index (χ0v) is 16.0. The Balaban J connectivity index is 1.64. The number of nitrogens with zero attached hydrogens (tertiary/aromatic N) is 3. The van der Waals surface area contributed by atoms with Crippen molar-refractivity contribution >= 4 is 22.5 Å². The highest BCUT2D eigenvalue weighted by Crippen LogP contribution is 2.32. The fourth-order valence-electron chi connectivity index (χ4n) is 3.48. The molecule has 0 saturated heterocycles. The normalized spacial score (nSPS) is 11.0. The number of nitrogens with one attached hydrogen (secondary N) is 2. The van der Waals surface area contributed by atoms with Gasteiger partial charge in [-0.05, 0) is 23.3 Å². The lowest BCUT2D eigenvalue weighted by atomic mass is 10.1. The van der Waals surface area contributed by atoms with Gasteiger partial charge in [-0.15, -0.1) is 0 Å². The summed E-state index contributed by atoms with van der Waals surface area (Å²) in [6.45, 7) is -0.577. The van der Waals surface area contributed by atoms with Gasteiger partial charge in [0.1, 0.15) is 12.5 Å². The number of para-hydroxylation sites is 1. The van der Waals surface area contributed by atoms with Crippen molar-refractivity contribution in [3.8, 4) is 22.5 Å². The number of aromatic nitrogens is 4. The van der Waals surface area contributed by atoms with Gasteiger partial charge in [-0.3, -0.25) is 5.10 Å². The Kier molecular flexibility index (Phi) is 4.65. The van der Waals surface area contributed by atoms with Crippen LogP contribution in [-0.4, -0.2) is 20.2 Å². The van der Waals surface area contributed by atoms with E-state index in [4.69, 9.17) is 4.98 Å². The predicted molar refractivity (Wildman–Crippen MR) is 117 cm³/mol. The van der Waals surface area contributed by atoms with E-state index in [0.717, 1.165) is 22.0 Å². The number of aromatic amines is 1. The van der Waals surface area contributed by atoms with Gasteiger partial charge in [-0.1, -0.05) is 66.7 Å². The highest BCUT2D eigenvalue weighted by molar-refractivity contribution is 5.93. The topological polar surface area (TPSA) is 66.5 Å². The maximum Gasteiger partial charge on any atom is 0.162 e. The molecule has 5 aromatic rings. The Hall–Kier alpha value is -4.06. The zero-order chi connectivity index (χ0) is 20.3. The van der Waals surface area contributed by atoms with Crippen LogP contribution in [0.2, 0.25) is 0 Å². The van der Waals surface area contributed by atoms with Crippen LogP contribution in [0, 0.1) is 0 Å². The third kappa shape index (κ3) is 3.28. The number of fused-ring (bicyclic) bond motifs is 1. The molecule has 0 fully saturated rings. The SMILES string of the molecule is FCc1ccccc1-c1nc(Nc2n[nH]cc2-c2ccccc2)c2ccccc2n1. The molecular formula is C24H18FN5. The number of H-pyrrole nitrogens is 1. The molecule has 0 amide bonds. The minimum atomic E-state index is -0.577.